The summed E-state index contributed by atoms with van der Waals surface area (Å²) in [5, 5.41) is 23.4. The van der Waals surface area contributed by atoms with Crippen LogP contribution in [0.2, 0.25) is 0 Å². The molecule has 6 rings (SSSR count). The van der Waals surface area contributed by atoms with E-state index < -0.39 is 11.8 Å². The van der Waals surface area contributed by atoms with Crippen molar-refractivity contribution >= 4 is 11.4 Å². The maximum Gasteiger partial charge on any atom is 0.106 e. The van der Waals surface area contributed by atoms with Crippen molar-refractivity contribution < 1.29 is 19.4 Å². The second-order valence-electron chi connectivity index (χ2n) is 26.0. The molecule has 7 heteroatoms. The van der Waals surface area contributed by atoms with Crippen molar-refractivity contribution in [1.29, 1.82) is 0 Å². The van der Waals surface area contributed by atoms with Crippen molar-refractivity contribution in [3.05, 3.63) is 24.5 Å². The van der Waals surface area contributed by atoms with E-state index in [2.05, 4.69) is 155 Å². The van der Waals surface area contributed by atoms with Crippen LogP contribution in [0.3, 0.4) is 0 Å². The van der Waals surface area contributed by atoms with Gasteiger partial charge in [-0.3, -0.25) is 4.99 Å². The van der Waals surface area contributed by atoms with Gasteiger partial charge in [-0.2, -0.15) is 0 Å². The third kappa shape index (κ3) is 32.9. The van der Waals surface area contributed by atoms with Gasteiger partial charge in [-0.1, -0.05) is 116 Å². The Hall–Kier alpha value is -1.73. The molecule has 5 fully saturated rings. The molecule has 364 valence electrons. The Labute approximate surface area is 384 Å². The lowest BCUT2D eigenvalue weighted by Gasteiger charge is -2.31. The first kappa shape index (κ1) is 58.3. The second-order valence-corrected chi connectivity index (χ2v) is 26.0. The Balaban J connectivity index is 0.000000372. The topological polar surface area (TPSA) is 79.3 Å². The van der Waals surface area contributed by atoms with Crippen LogP contribution in [0.4, 0.5) is 4.39 Å². The highest BCUT2D eigenvalue weighted by atomic mass is 19.1. The fourth-order valence-electron chi connectivity index (χ4n) is 7.72. The molecule has 0 bridgehead atoms. The van der Waals surface area contributed by atoms with Crippen molar-refractivity contribution in [2.24, 2.45) is 66.8 Å². The van der Waals surface area contributed by atoms with Gasteiger partial charge in [-0.15, -0.1) is 0 Å². The van der Waals surface area contributed by atoms with E-state index in [0.717, 1.165) is 56.9 Å². The van der Waals surface area contributed by atoms with Gasteiger partial charge in [-0.25, -0.2) is 4.39 Å². The normalized spacial score (nSPS) is 20.4. The van der Waals surface area contributed by atoms with Gasteiger partial charge < -0.3 is 19.6 Å². The summed E-state index contributed by atoms with van der Waals surface area (Å²) in [6.45, 7) is 38.3. The predicted molar refractivity (Wildman–Crippen MR) is 268 cm³/mol. The van der Waals surface area contributed by atoms with Crippen LogP contribution in [0.5, 0.6) is 0 Å². The fourth-order valence-corrected chi connectivity index (χ4v) is 7.72. The summed E-state index contributed by atoms with van der Waals surface area (Å²) in [6.07, 6.45) is 22.3. The van der Waals surface area contributed by atoms with Crippen LogP contribution in [-0.4, -0.2) is 58.2 Å². The van der Waals surface area contributed by atoms with E-state index in [1.807, 2.05) is 14.0 Å². The van der Waals surface area contributed by atoms with E-state index in [-0.39, 0.29) is 16.9 Å². The van der Waals surface area contributed by atoms with Crippen LogP contribution in [0, 0.1) is 56.7 Å². The average Bonchev–Trinajstić information content (AvgIpc) is 3.90. The Morgan fingerprint density at radius 2 is 1.13 bits per heavy atom. The summed E-state index contributed by atoms with van der Waals surface area (Å²) in [5.74, 6) is 3.24. The smallest absolute Gasteiger partial charge is 0.106 e. The van der Waals surface area contributed by atoms with Crippen LogP contribution in [-0.2, 0) is 11.4 Å². The standard InChI is InChI=1S/C10H19N.C10H17N.C10H20O.C9H17F.C9H18O.C7H13NO/c1-10(2,3)7-9(11-4)8-5-6-8;1-10(2,3)6-9-11-7-4-5-8-11;1-9(2,3)7-10(4,11)8-5-6-8;2*1-9(2,3)6-8(10)7-4-5-7;1-3-7(8-9-2)6-4-5-6/h8H,5-7H2,1-4H3;4-5,7-8H,6,9H2,1-3H3;8,11H,5-7H2,1-4H3;7-8H,4-6H2,1-3H3;7-8,10H,4-6H2,1-3H3;6H,3-5H2,1-2H3/b;;;;;8-7-. The van der Waals surface area contributed by atoms with Crippen LogP contribution < -0.4 is 0 Å². The van der Waals surface area contributed by atoms with Crippen molar-refractivity contribution in [2.45, 2.75) is 245 Å². The summed E-state index contributed by atoms with van der Waals surface area (Å²) in [6, 6.07) is 4.14. The number of aliphatic hydroxyl groups excluding tert-OH is 1. The van der Waals surface area contributed by atoms with E-state index in [1.54, 1.807) is 7.11 Å². The molecule has 3 unspecified atom stereocenters. The lowest BCUT2D eigenvalue weighted by molar-refractivity contribution is -0.00128. The highest BCUT2D eigenvalue weighted by Crippen LogP contribution is 2.45. The molecule has 0 spiro atoms. The predicted octanol–water partition coefficient (Wildman–Crippen LogP) is 15.6. The number of nitrogens with zero attached hydrogens (tertiary/aromatic N) is 3. The molecular weight excluding hydrogens is 770 g/mol. The Morgan fingerprint density at radius 1 is 0.661 bits per heavy atom. The van der Waals surface area contributed by atoms with Crippen molar-refractivity contribution in [3.8, 4) is 0 Å². The van der Waals surface area contributed by atoms with Crippen LogP contribution in [0.25, 0.3) is 0 Å². The first-order valence-corrected chi connectivity index (χ1v) is 25.0. The Morgan fingerprint density at radius 3 is 1.45 bits per heavy atom. The molecule has 1 aromatic rings. The highest BCUT2D eigenvalue weighted by Gasteiger charge is 2.42. The van der Waals surface area contributed by atoms with Crippen LogP contribution in [0.1, 0.15) is 220 Å². The molecule has 62 heavy (non-hydrogen) atoms. The molecule has 5 saturated carbocycles. The molecule has 0 aliphatic heterocycles. The van der Waals surface area contributed by atoms with Gasteiger partial charge in [-0.05, 0) is 173 Å². The number of aliphatic hydroxyl groups is 2. The molecule has 1 aromatic heterocycles. The van der Waals surface area contributed by atoms with Gasteiger partial charge in [0.25, 0.3) is 0 Å². The summed E-state index contributed by atoms with van der Waals surface area (Å²) >= 11 is 0. The summed E-state index contributed by atoms with van der Waals surface area (Å²) in [7, 11) is 3.54. The maximum absolute atomic E-state index is 13.1. The number of hydrogen-bond acceptors (Lipinski definition) is 5. The SMILES string of the molecule is CC(C)(C)CC(C)(O)C1CC1.CC(C)(C)CC(F)C1CC1.CC(C)(C)CC(O)C1CC1.CC(C)(C)CCn1cccc1.CC/C(=N/OC)C1CC1.CN=C(CC(C)(C)C)C1CC1. The quantitative estimate of drug-likeness (QED) is 0.153. The lowest BCUT2D eigenvalue weighted by atomic mass is 9.80. The molecular formula is C55H104FN3O3. The number of aryl methyl sites for hydroxylation is 1. The molecule has 1 heterocycles. The number of aromatic nitrogens is 1. The van der Waals surface area contributed by atoms with Crippen molar-refractivity contribution in [1.82, 2.24) is 4.57 Å². The van der Waals surface area contributed by atoms with Gasteiger partial charge in [0.1, 0.15) is 13.3 Å². The molecule has 2 N–H and O–H groups in total. The van der Waals surface area contributed by atoms with Crippen molar-refractivity contribution in [2.75, 3.05) is 14.2 Å². The molecule has 3 atom stereocenters. The highest BCUT2D eigenvalue weighted by molar-refractivity contribution is 5.89. The third-order valence-electron chi connectivity index (χ3n) is 11.7. The van der Waals surface area contributed by atoms with E-state index in [1.165, 1.54) is 75.6 Å². The maximum atomic E-state index is 13.1. The molecule has 6 nitrogen and oxygen atoms in total. The molecule has 0 radical (unpaired) electrons. The summed E-state index contributed by atoms with van der Waals surface area (Å²) in [4.78, 5) is 9.04. The number of rotatable bonds is 13. The number of hydrogen-bond donors (Lipinski definition) is 2. The van der Waals surface area contributed by atoms with Crippen LogP contribution >= 0.6 is 0 Å². The van der Waals surface area contributed by atoms with E-state index in [9.17, 15) is 14.6 Å². The molecule has 0 saturated heterocycles. The minimum atomic E-state index is -0.528. The minimum absolute atomic E-state index is 0.0278. The molecule has 5 aliphatic carbocycles. The van der Waals surface area contributed by atoms with Gasteiger partial charge >= 0.3 is 0 Å². The zero-order valence-electron chi connectivity index (χ0n) is 44.4. The molecule has 0 aromatic carbocycles. The Bertz CT molecular complexity index is 1350. The first-order valence-electron chi connectivity index (χ1n) is 25.0. The van der Waals surface area contributed by atoms with Gasteiger partial charge in [0, 0.05) is 37.6 Å². The largest absolute Gasteiger partial charge is 0.399 e. The first-order chi connectivity index (χ1) is 28.3. The van der Waals surface area contributed by atoms with E-state index in [0.29, 0.717) is 34.0 Å². The monoisotopic (exact) mass is 874 g/mol. The lowest BCUT2D eigenvalue weighted by Crippen LogP contribution is -2.32. The zero-order valence-corrected chi connectivity index (χ0v) is 44.4. The average molecular weight is 874 g/mol. The number of aliphatic imine (C=N–C) groups is 1. The summed E-state index contributed by atoms with van der Waals surface area (Å²) in [5.41, 5.74) is 3.85. The second kappa shape index (κ2) is 25.8. The Kier molecular flexibility index (Phi) is 24.3. The summed E-state index contributed by atoms with van der Waals surface area (Å²) < 4.78 is 15.3. The van der Waals surface area contributed by atoms with Gasteiger partial charge in [0.05, 0.1) is 17.4 Å². The third-order valence-corrected chi connectivity index (χ3v) is 11.7. The zero-order chi connectivity index (χ0) is 47.7. The van der Waals surface area contributed by atoms with Crippen molar-refractivity contribution in [3.63, 3.8) is 0 Å². The van der Waals surface area contributed by atoms with Crippen LogP contribution in [0.15, 0.2) is 34.7 Å². The minimum Gasteiger partial charge on any atom is -0.399 e. The number of alkyl halides is 1. The molecule has 0 amide bonds. The fraction of sp³-hybridized carbons (Fsp3) is 0.891. The van der Waals surface area contributed by atoms with Gasteiger partial charge in [0.2, 0.25) is 0 Å². The van der Waals surface area contributed by atoms with E-state index >= 15 is 0 Å². The number of halogens is 1. The van der Waals surface area contributed by atoms with Gasteiger partial charge in [0.15, 0.2) is 0 Å². The van der Waals surface area contributed by atoms with E-state index in [4.69, 9.17) is 0 Å². The number of oxime groups is 1. The molecule has 5 aliphatic rings.